The van der Waals surface area contributed by atoms with Gasteiger partial charge in [-0.2, -0.15) is 10.2 Å². The maximum Gasteiger partial charge on any atom is 0.127 e. The monoisotopic (exact) mass is 1520 g/mol. The minimum absolute atomic E-state index is 0. The second kappa shape index (κ2) is 50.6. The second-order valence-electron chi connectivity index (χ2n) is 23.4. The van der Waals surface area contributed by atoms with Gasteiger partial charge < -0.3 is 57.2 Å². The highest BCUT2D eigenvalue weighted by molar-refractivity contribution is 14.1. The molecule has 0 saturated heterocycles. The molecule has 0 atom stereocenters. The van der Waals surface area contributed by atoms with E-state index < -0.39 is 0 Å². The molecule has 99 heavy (non-hydrogen) atoms. The van der Waals surface area contributed by atoms with E-state index in [2.05, 4.69) is 88.2 Å². The van der Waals surface area contributed by atoms with Crippen molar-refractivity contribution in [2.75, 3.05) is 130 Å². The summed E-state index contributed by atoms with van der Waals surface area (Å²) in [4.78, 5) is 0. The third-order valence-electron chi connectivity index (χ3n) is 15.6. The van der Waals surface area contributed by atoms with Crippen molar-refractivity contribution in [3.63, 3.8) is 0 Å². The van der Waals surface area contributed by atoms with E-state index in [-0.39, 0.29) is 20.6 Å². The molecule has 0 amide bonds. The van der Waals surface area contributed by atoms with Gasteiger partial charge in [0.05, 0.1) is 148 Å². The summed E-state index contributed by atoms with van der Waals surface area (Å²) < 4.78 is 66.8. The minimum atomic E-state index is 0. The molecule has 6 aromatic carbocycles. The van der Waals surface area contributed by atoms with Crippen LogP contribution in [0.2, 0.25) is 10.0 Å². The third-order valence-corrected chi connectivity index (χ3v) is 17.2. The number of ether oxygens (including phenoxy) is 11. The Hall–Kier alpha value is -5.75. The number of rotatable bonds is 44. The van der Waals surface area contributed by atoms with Gasteiger partial charge in [0.25, 0.3) is 0 Å². The summed E-state index contributed by atoms with van der Waals surface area (Å²) in [6, 6.07) is 44.3. The van der Waals surface area contributed by atoms with Crippen molar-refractivity contribution < 1.29 is 57.2 Å². The van der Waals surface area contributed by atoms with Crippen LogP contribution in [0.1, 0.15) is 98.1 Å². The molecule has 1 N–H and O–H groups in total. The van der Waals surface area contributed by atoms with Crippen molar-refractivity contribution in [1.29, 1.82) is 0 Å². The Morgan fingerprint density at radius 1 is 0.384 bits per heavy atom. The van der Waals surface area contributed by atoms with E-state index in [4.69, 9.17) is 75.3 Å². The SMILES string of the molecule is C.C.Cc1cc(-c2ccc(O)c(-c3ccc(Cl)c(C)c3)c2C)n(C)n1.Cc1cc(-c2ccc(OCCCCCOCCOCCOCCOCCOCc3ccccc3)c(-c3ccc(Cl)c(C)c3)c2C)n(C)n1.ICCCCCOCCOCCOCCOCCOCc1ccccc1. The first-order chi connectivity index (χ1) is 47.2. The third kappa shape index (κ3) is 32.0. The van der Waals surface area contributed by atoms with E-state index in [1.165, 1.54) is 22.8 Å². The normalized spacial score (nSPS) is 11.0. The fraction of sp³-hybridized carbons (Fsp3) is 0.475. The molecule has 8 rings (SSSR count). The lowest BCUT2D eigenvalue weighted by Crippen LogP contribution is -2.13. The highest BCUT2D eigenvalue weighted by atomic mass is 127. The fourth-order valence-electron chi connectivity index (χ4n) is 10.5. The molecule has 0 unspecified atom stereocenters. The van der Waals surface area contributed by atoms with Crippen molar-refractivity contribution in [2.45, 2.75) is 108 Å². The molecule has 19 heteroatoms. The number of phenols is 1. The number of nitrogens with zero attached hydrogens (tertiary/aromatic N) is 4. The van der Waals surface area contributed by atoms with Crippen molar-refractivity contribution in [1.82, 2.24) is 19.6 Å². The van der Waals surface area contributed by atoms with Crippen LogP contribution in [0, 0.1) is 41.5 Å². The van der Waals surface area contributed by atoms with E-state index in [1.807, 2.05) is 137 Å². The van der Waals surface area contributed by atoms with Crippen LogP contribution in [0.3, 0.4) is 0 Å². The van der Waals surface area contributed by atoms with Gasteiger partial charge in [-0.15, -0.1) is 0 Å². The minimum Gasteiger partial charge on any atom is -0.507 e. The lowest BCUT2D eigenvalue weighted by molar-refractivity contribution is -0.0126. The molecule has 0 saturated carbocycles. The van der Waals surface area contributed by atoms with Gasteiger partial charge in [-0.3, -0.25) is 9.36 Å². The molecule has 0 fully saturated rings. The van der Waals surface area contributed by atoms with Crippen molar-refractivity contribution in [3.8, 4) is 56.3 Å². The molecule has 544 valence electrons. The predicted octanol–water partition coefficient (Wildman–Crippen LogP) is 18.4. The average Bonchev–Trinajstić information content (AvgIpc) is 1.77. The van der Waals surface area contributed by atoms with Gasteiger partial charge in [-0.05, 0) is 183 Å². The molecule has 2 heterocycles. The van der Waals surface area contributed by atoms with E-state index >= 15 is 0 Å². The number of benzene rings is 6. The first-order valence-electron chi connectivity index (χ1n) is 33.8. The number of hydrogen-bond donors (Lipinski definition) is 1. The number of aromatic nitrogens is 4. The highest BCUT2D eigenvalue weighted by Crippen LogP contribution is 2.41. The Kier molecular flexibility index (Phi) is 43.8. The molecular formula is C80H111Cl2IN4O12. The number of unbranched alkanes of at least 4 members (excludes halogenated alkanes) is 4. The molecule has 0 spiro atoms. The molecule has 8 aromatic rings. The Morgan fingerprint density at radius 2 is 0.737 bits per heavy atom. The van der Waals surface area contributed by atoms with Crippen LogP contribution in [0.15, 0.2) is 133 Å². The average molecular weight is 1520 g/mol. The maximum atomic E-state index is 10.4. The number of aryl methyl sites for hydroxylation is 6. The first-order valence-corrected chi connectivity index (χ1v) is 36.1. The predicted molar refractivity (Wildman–Crippen MR) is 413 cm³/mol. The number of aromatic hydroxyl groups is 1. The largest absolute Gasteiger partial charge is 0.507 e. The molecule has 0 radical (unpaired) electrons. The summed E-state index contributed by atoms with van der Waals surface area (Å²) in [6.45, 7) is 24.8. The lowest BCUT2D eigenvalue weighted by Gasteiger charge is -2.18. The molecule has 0 bridgehead atoms. The van der Waals surface area contributed by atoms with Crippen LogP contribution >= 0.6 is 45.8 Å². The second-order valence-corrected chi connectivity index (χ2v) is 25.3. The number of halogens is 3. The van der Waals surface area contributed by atoms with Crippen LogP contribution < -0.4 is 4.74 Å². The zero-order valence-electron chi connectivity index (χ0n) is 58.4. The summed E-state index contributed by atoms with van der Waals surface area (Å²) in [6.07, 6.45) is 6.62. The Morgan fingerprint density at radius 3 is 1.12 bits per heavy atom. The van der Waals surface area contributed by atoms with E-state index in [9.17, 15) is 5.11 Å². The quantitative estimate of drug-likeness (QED) is 0.0218. The van der Waals surface area contributed by atoms with Gasteiger partial charge in [0, 0.05) is 59.6 Å². The van der Waals surface area contributed by atoms with Gasteiger partial charge in [-0.25, -0.2) is 0 Å². The van der Waals surface area contributed by atoms with Crippen LogP contribution in [0.4, 0.5) is 0 Å². The zero-order chi connectivity index (χ0) is 69.2. The Balaban J connectivity index is 0.000000344. The fourth-order valence-corrected chi connectivity index (χ4v) is 11.3. The van der Waals surface area contributed by atoms with Gasteiger partial charge in [0.1, 0.15) is 11.5 Å². The Labute approximate surface area is 615 Å². The molecular weight excluding hydrogens is 1410 g/mol. The van der Waals surface area contributed by atoms with Crippen LogP contribution in [0.5, 0.6) is 11.5 Å². The van der Waals surface area contributed by atoms with Gasteiger partial charge in [0.15, 0.2) is 0 Å². The van der Waals surface area contributed by atoms with Crippen LogP contribution in [0.25, 0.3) is 44.8 Å². The van der Waals surface area contributed by atoms with E-state index in [0.29, 0.717) is 132 Å². The van der Waals surface area contributed by atoms with Crippen molar-refractivity contribution >= 4 is 45.8 Å². The van der Waals surface area contributed by atoms with E-state index in [0.717, 1.165) is 132 Å². The smallest absolute Gasteiger partial charge is 0.127 e. The summed E-state index contributed by atoms with van der Waals surface area (Å²) >= 11 is 14.9. The van der Waals surface area contributed by atoms with E-state index in [1.54, 1.807) is 6.07 Å². The zero-order valence-corrected chi connectivity index (χ0v) is 62.0. The molecule has 16 nitrogen and oxygen atoms in total. The summed E-state index contributed by atoms with van der Waals surface area (Å²) in [5, 5.41) is 20.9. The molecule has 0 aliphatic carbocycles. The first kappa shape index (κ1) is 85.7. The standard InChI is InChI=1S/C39H51ClN2O6.C20H33IO5.C19H19ClN2O.2CH4/c1-30-27-34(13-15-36(30)40)39-32(3)35(37-28-31(2)41-42(37)4)14-16-38(39)48-18-10-6-9-17-43-19-20-44-21-22-45-23-24-46-25-26-47-29-33-11-7-5-8-12-33;21-9-5-2-6-10-22-11-12-23-13-14-24-15-16-25-17-18-26-19-20-7-3-1-4-8-20;1-11-9-14(5-7-16(11)20)19-13(3)15(6-8-18(19)23)17-10-12(2)21-22(17)4;;/h5,7-8,11-16,27-28H,6,9-10,17-26,29H2,1-4H3;1,3-4,7-8H,2,5-6,9-19H2;5-10,23H,1-4H3;2*1H4. The number of alkyl halides is 1. The Bertz CT molecular complexity index is 3460. The maximum absolute atomic E-state index is 10.4. The molecule has 2 aromatic heterocycles. The molecule has 0 aliphatic rings. The number of hydrogen-bond acceptors (Lipinski definition) is 14. The van der Waals surface area contributed by atoms with Crippen molar-refractivity contribution in [3.05, 3.63) is 188 Å². The summed E-state index contributed by atoms with van der Waals surface area (Å²) in [7, 11) is 3.91. The van der Waals surface area contributed by atoms with Crippen LogP contribution in [-0.2, 0) is 74.7 Å². The van der Waals surface area contributed by atoms with Gasteiger partial charge >= 0.3 is 0 Å². The lowest BCUT2D eigenvalue weighted by atomic mass is 9.93. The molecule has 0 aliphatic heterocycles. The van der Waals surface area contributed by atoms with Gasteiger partial charge in [0.2, 0.25) is 0 Å². The topological polar surface area (TPSA) is 157 Å². The highest BCUT2D eigenvalue weighted by Gasteiger charge is 2.19. The summed E-state index contributed by atoms with van der Waals surface area (Å²) in [5.41, 5.74) is 16.8. The summed E-state index contributed by atoms with van der Waals surface area (Å²) in [5.74, 6) is 1.15. The van der Waals surface area contributed by atoms with Crippen LogP contribution in [-0.4, -0.2) is 155 Å². The number of phenolic OH excluding ortho intramolecular Hbond substituents is 1. The van der Waals surface area contributed by atoms with Crippen molar-refractivity contribution in [2.24, 2.45) is 14.1 Å². The van der Waals surface area contributed by atoms with Gasteiger partial charge in [-0.1, -0.05) is 140 Å².